The first-order chi connectivity index (χ1) is 5.24. The molecule has 1 aromatic heterocycles. The molecule has 0 saturated carbocycles. The monoisotopic (exact) mass is 174 g/mol. The number of furan rings is 1. The lowest BCUT2D eigenvalue weighted by Gasteiger charge is -2.03. The fourth-order valence-electron chi connectivity index (χ4n) is 0.904. The fraction of sp³-hybridized carbons (Fsp3) is 0.500. The summed E-state index contributed by atoms with van der Waals surface area (Å²) < 4.78 is 4.94. The van der Waals surface area contributed by atoms with Gasteiger partial charge in [0, 0.05) is 12.3 Å². The van der Waals surface area contributed by atoms with Crippen molar-refractivity contribution >= 4 is 11.6 Å². The smallest absolute Gasteiger partial charge is 0.0938 e. The Bertz CT molecular complexity index is 220. The van der Waals surface area contributed by atoms with Crippen molar-refractivity contribution in [2.75, 3.05) is 5.88 Å². The Morgan fingerprint density at radius 3 is 2.82 bits per heavy atom. The van der Waals surface area contributed by atoms with Crippen LogP contribution in [0, 0.1) is 6.92 Å². The van der Waals surface area contributed by atoms with Gasteiger partial charge in [-0.25, -0.2) is 0 Å². The first kappa shape index (κ1) is 8.62. The van der Waals surface area contributed by atoms with Crippen LogP contribution in [-0.2, 0) is 6.42 Å². The third-order valence-corrected chi connectivity index (χ3v) is 1.95. The molecular formula is C8H11ClO2. The maximum absolute atomic E-state index is 9.18. The van der Waals surface area contributed by atoms with Crippen molar-refractivity contribution in [2.45, 2.75) is 19.4 Å². The molecule has 1 rings (SSSR count). The van der Waals surface area contributed by atoms with E-state index >= 15 is 0 Å². The normalized spacial score (nSPS) is 13.4. The quantitative estimate of drug-likeness (QED) is 0.709. The molecule has 0 saturated heterocycles. The van der Waals surface area contributed by atoms with E-state index in [4.69, 9.17) is 16.0 Å². The minimum atomic E-state index is -0.465. The second kappa shape index (κ2) is 3.79. The molecule has 11 heavy (non-hydrogen) atoms. The van der Waals surface area contributed by atoms with Crippen LogP contribution >= 0.6 is 11.6 Å². The Kier molecular flexibility index (Phi) is 2.97. The molecule has 0 aliphatic heterocycles. The molecule has 1 heterocycles. The van der Waals surface area contributed by atoms with Crippen LogP contribution in [0.3, 0.4) is 0 Å². The molecular weight excluding hydrogens is 164 g/mol. The van der Waals surface area contributed by atoms with Gasteiger partial charge in [0.15, 0.2) is 0 Å². The van der Waals surface area contributed by atoms with Crippen molar-refractivity contribution in [1.82, 2.24) is 0 Å². The third kappa shape index (κ3) is 2.24. The van der Waals surface area contributed by atoms with Crippen molar-refractivity contribution in [2.24, 2.45) is 0 Å². The molecule has 0 aromatic carbocycles. The van der Waals surface area contributed by atoms with E-state index in [1.807, 2.05) is 6.92 Å². The van der Waals surface area contributed by atoms with Gasteiger partial charge in [-0.2, -0.15) is 0 Å². The van der Waals surface area contributed by atoms with Gasteiger partial charge in [-0.05, 0) is 18.1 Å². The zero-order valence-corrected chi connectivity index (χ0v) is 7.14. The standard InChI is InChI=1S/C8H11ClO2/c1-6-4-11-5-7(6)2-8(10)3-9/h4-5,8,10H,2-3H2,1H3. The molecule has 0 radical (unpaired) electrons. The molecule has 0 aliphatic carbocycles. The van der Waals surface area contributed by atoms with Gasteiger partial charge in [0.2, 0.25) is 0 Å². The van der Waals surface area contributed by atoms with Gasteiger partial charge in [-0.3, -0.25) is 0 Å². The molecule has 1 atom stereocenters. The van der Waals surface area contributed by atoms with Gasteiger partial charge in [-0.1, -0.05) is 0 Å². The molecule has 1 N–H and O–H groups in total. The Morgan fingerprint density at radius 2 is 2.36 bits per heavy atom. The number of aliphatic hydroxyl groups excluding tert-OH is 1. The lowest BCUT2D eigenvalue weighted by molar-refractivity contribution is 0.198. The molecule has 3 heteroatoms. The Balaban J connectivity index is 2.56. The third-order valence-electron chi connectivity index (χ3n) is 1.60. The molecule has 0 bridgehead atoms. The SMILES string of the molecule is Cc1cocc1CC(O)CCl. The van der Waals surface area contributed by atoms with Crippen molar-refractivity contribution in [3.05, 3.63) is 23.7 Å². The predicted octanol–water partition coefficient (Wildman–Crippen LogP) is 1.73. The van der Waals surface area contributed by atoms with E-state index < -0.39 is 6.10 Å². The lowest BCUT2D eigenvalue weighted by atomic mass is 10.1. The largest absolute Gasteiger partial charge is 0.472 e. The first-order valence-corrected chi connectivity index (χ1v) is 4.03. The van der Waals surface area contributed by atoms with Crippen LogP contribution in [0.5, 0.6) is 0 Å². The molecule has 0 fully saturated rings. The van der Waals surface area contributed by atoms with Gasteiger partial charge >= 0.3 is 0 Å². The number of hydrogen-bond donors (Lipinski definition) is 1. The summed E-state index contributed by atoms with van der Waals surface area (Å²) in [6.45, 7) is 1.94. The van der Waals surface area contributed by atoms with Crippen LogP contribution < -0.4 is 0 Å². The highest BCUT2D eigenvalue weighted by Gasteiger charge is 2.07. The van der Waals surface area contributed by atoms with E-state index in [-0.39, 0.29) is 5.88 Å². The van der Waals surface area contributed by atoms with Crippen LogP contribution in [0.15, 0.2) is 16.9 Å². The summed E-state index contributed by atoms with van der Waals surface area (Å²) in [6.07, 6.45) is 3.42. The van der Waals surface area contributed by atoms with E-state index in [1.165, 1.54) is 0 Å². The summed E-state index contributed by atoms with van der Waals surface area (Å²) in [5, 5.41) is 9.18. The zero-order chi connectivity index (χ0) is 8.27. The number of rotatable bonds is 3. The fourth-order valence-corrected chi connectivity index (χ4v) is 1.01. The predicted molar refractivity (Wildman–Crippen MR) is 43.9 cm³/mol. The summed E-state index contributed by atoms with van der Waals surface area (Å²) in [4.78, 5) is 0. The molecule has 62 valence electrons. The molecule has 0 spiro atoms. The van der Waals surface area contributed by atoms with Crippen LogP contribution in [-0.4, -0.2) is 17.1 Å². The Labute approximate surface area is 70.8 Å². The van der Waals surface area contributed by atoms with E-state index in [0.717, 1.165) is 11.1 Å². The van der Waals surface area contributed by atoms with Gasteiger partial charge in [-0.15, -0.1) is 11.6 Å². The second-order valence-corrected chi connectivity index (χ2v) is 2.90. The molecule has 2 nitrogen and oxygen atoms in total. The first-order valence-electron chi connectivity index (χ1n) is 3.49. The maximum atomic E-state index is 9.18. The number of aliphatic hydroxyl groups is 1. The van der Waals surface area contributed by atoms with Crippen molar-refractivity contribution in [3.8, 4) is 0 Å². The summed E-state index contributed by atoms with van der Waals surface area (Å²) >= 11 is 5.44. The van der Waals surface area contributed by atoms with E-state index in [1.54, 1.807) is 12.5 Å². The molecule has 1 unspecified atom stereocenters. The average molecular weight is 175 g/mol. The summed E-state index contributed by atoms with van der Waals surface area (Å²) in [7, 11) is 0. The van der Waals surface area contributed by atoms with Gasteiger partial charge < -0.3 is 9.52 Å². The number of halogens is 1. The molecule has 0 amide bonds. The molecule has 1 aromatic rings. The van der Waals surface area contributed by atoms with Crippen molar-refractivity contribution in [1.29, 1.82) is 0 Å². The second-order valence-electron chi connectivity index (χ2n) is 2.59. The summed E-state index contributed by atoms with van der Waals surface area (Å²) in [6, 6.07) is 0. The van der Waals surface area contributed by atoms with Crippen molar-refractivity contribution in [3.63, 3.8) is 0 Å². The average Bonchev–Trinajstić information content (AvgIpc) is 2.37. The van der Waals surface area contributed by atoms with Gasteiger partial charge in [0.05, 0.1) is 18.6 Å². The highest BCUT2D eigenvalue weighted by Crippen LogP contribution is 2.11. The highest BCUT2D eigenvalue weighted by molar-refractivity contribution is 6.18. The topological polar surface area (TPSA) is 33.4 Å². The zero-order valence-electron chi connectivity index (χ0n) is 6.38. The maximum Gasteiger partial charge on any atom is 0.0938 e. The Hall–Kier alpha value is -0.470. The lowest BCUT2D eigenvalue weighted by Crippen LogP contribution is -2.11. The Morgan fingerprint density at radius 1 is 1.64 bits per heavy atom. The van der Waals surface area contributed by atoms with Gasteiger partial charge in [0.25, 0.3) is 0 Å². The number of aryl methyl sites for hydroxylation is 1. The number of alkyl halides is 1. The van der Waals surface area contributed by atoms with E-state index in [2.05, 4.69) is 0 Å². The van der Waals surface area contributed by atoms with Crippen LogP contribution in [0.2, 0.25) is 0 Å². The van der Waals surface area contributed by atoms with E-state index in [0.29, 0.717) is 6.42 Å². The van der Waals surface area contributed by atoms with Gasteiger partial charge in [0.1, 0.15) is 0 Å². The molecule has 0 aliphatic rings. The summed E-state index contributed by atoms with van der Waals surface area (Å²) in [5.74, 6) is 0.268. The van der Waals surface area contributed by atoms with Crippen LogP contribution in [0.25, 0.3) is 0 Å². The van der Waals surface area contributed by atoms with Crippen LogP contribution in [0.4, 0.5) is 0 Å². The van der Waals surface area contributed by atoms with Crippen LogP contribution in [0.1, 0.15) is 11.1 Å². The summed E-state index contributed by atoms with van der Waals surface area (Å²) in [5.41, 5.74) is 2.09. The highest BCUT2D eigenvalue weighted by atomic mass is 35.5. The van der Waals surface area contributed by atoms with Crippen molar-refractivity contribution < 1.29 is 9.52 Å². The minimum absolute atomic E-state index is 0.268. The minimum Gasteiger partial charge on any atom is -0.472 e. The number of hydrogen-bond acceptors (Lipinski definition) is 2. The van der Waals surface area contributed by atoms with E-state index in [9.17, 15) is 5.11 Å².